The molecule has 3 heteroatoms. The zero-order chi connectivity index (χ0) is 13.5. The van der Waals surface area contributed by atoms with Crippen molar-refractivity contribution in [3.63, 3.8) is 0 Å². The van der Waals surface area contributed by atoms with Gasteiger partial charge in [0.2, 0.25) is 0 Å². The lowest BCUT2D eigenvalue weighted by Gasteiger charge is -2.16. The van der Waals surface area contributed by atoms with Crippen LogP contribution in [0.25, 0.3) is 0 Å². The topological polar surface area (TPSA) is 35.2 Å². The van der Waals surface area contributed by atoms with Crippen LogP contribution >= 0.6 is 0 Å². The van der Waals surface area contributed by atoms with E-state index in [4.69, 9.17) is 10.5 Å². The molecule has 0 aliphatic heterocycles. The third-order valence-electron chi connectivity index (χ3n) is 2.74. The summed E-state index contributed by atoms with van der Waals surface area (Å²) in [6.07, 6.45) is 0.145. The van der Waals surface area contributed by atoms with Crippen molar-refractivity contribution < 1.29 is 9.13 Å². The fourth-order valence-electron chi connectivity index (χ4n) is 1.38. The molecule has 1 unspecified atom stereocenters. The molecule has 1 atom stereocenters. The van der Waals surface area contributed by atoms with Gasteiger partial charge >= 0.3 is 0 Å². The number of hydrogen-bond donors (Lipinski definition) is 1. The van der Waals surface area contributed by atoms with E-state index in [-0.39, 0.29) is 18.5 Å². The molecule has 0 fully saturated rings. The molecular formula is C15H20FNO. The van der Waals surface area contributed by atoms with Crippen LogP contribution in [0.4, 0.5) is 4.39 Å². The molecule has 2 nitrogen and oxygen atoms in total. The second kappa shape index (κ2) is 7.15. The van der Waals surface area contributed by atoms with Gasteiger partial charge in [-0.3, -0.25) is 0 Å². The van der Waals surface area contributed by atoms with Crippen molar-refractivity contribution in [3.8, 4) is 11.8 Å². The first kappa shape index (κ1) is 14.7. The Hall–Kier alpha value is -1.37. The van der Waals surface area contributed by atoms with Crippen molar-refractivity contribution in [2.75, 3.05) is 6.54 Å². The summed E-state index contributed by atoms with van der Waals surface area (Å²) in [5, 5.41) is 0. The number of benzene rings is 1. The minimum Gasteiger partial charge on any atom is -0.374 e. The summed E-state index contributed by atoms with van der Waals surface area (Å²) in [5.74, 6) is 5.68. The first-order valence-electron chi connectivity index (χ1n) is 6.13. The quantitative estimate of drug-likeness (QED) is 0.833. The molecule has 1 aromatic carbocycles. The molecule has 0 radical (unpaired) electrons. The molecule has 0 aliphatic rings. The lowest BCUT2D eigenvalue weighted by molar-refractivity contribution is 0.0234. The number of rotatable bonds is 4. The lowest BCUT2D eigenvalue weighted by atomic mass is 10.1. The highest BCUT2D eigenvalue weighted by atomic mass is 19.1. The first-order valence-corrected chi connectivity index (χ1v) is 6.13. The molecule has 0 heterocycles. The van der Waals surface area contributed by atoms with Crippen molar-refractivity contribution in [3.05, 3.63) is 35.1 Å². The van der Waals surface area contributed by atoms with E-state index in [2.05, 4.69) is 25.7 Å². The van der Waals surface area contributed by atoms with Crippen LogP contribution in [0.15, 0.2) is 18.2 Å². The largest absolute Gasteiger partial charge is 0.374 e. The Kier molecular flexibility index (Phi) is 5.84. The van der Waals surface area contributed by atoms with Crippen LogP contribution in [-0.2, 0) is 11.3 Å². The predicted molar refractivity (Wildman–Crippen MR) is 71.4 cm³/mol. The second-order valence-electron chi connectivity index (χ2n) is 4.61. The highest BCUT2D eigenvalue weighted by molar-refractivity contribution is 5.37. The SMILES string of the molecule is CC(C)C(C)OCc1cc(F)cc(C#CCN)c1. The van der Waals surface area contributed by atoms with E-state index < -0.39 is 0 Å². The van der Waals surface area contributed by atoms with Crippen LogP contribution in [0.2, 0.25) is 0 Å². The third-order valence-corrected chi connectivity index (χ3v) is 2.74. The Morgan fingerprint density at radius 2 is 2.00 bits per heavy atom. The molecule has 0 saturated heterocycles. The van der Waals surface area contributed by atoms with Crippen molar-refractivity contribution in [2.24, 2.45) is 11.7 Å². The molecule has 0 saturated carbocycles. The smallest absolute Gasteiger partial charge is 0.124 e. The van der Waals surface area contributed by atoms with Crippen molar-refractivity contribution >= 4 is 0 Å². The molecule has 1 rings (SSSR count). The molecule has 0 aromatic heterocycles. The summed E-state index contributed by atoms with van der Waals surface area (Å²) >= 11 is 0. The average Bonchev–Trinajstić information content (AvgIpc) is 2.32. The van der Waals surface area contributed by atoms with E-state index in [1.54, 1.807) is 0 Å². The van der Waals surface area contributed by atoms with Crippen LogP contribution < -0.4 is 5.73 Å². The highest BCUT2D eigenvalue weighted by Gasteiger charge is 2.08. The summed E-state index contributed by atoms with van der Waals surface area (Å²) in [7, 11) is 0. The van der Waals surface area contributed by atoms with Gasteiger partial charge in [-0.1, -0.05) is 25.7 Å². The van der Waals surface area contributed by atoms with Crippen LogP contribution in [0.5, 0.6) is 0 Å². The van der Waals surface area contributed by atoms with Crippen molar-refractivity contribution in [1.82, 2.24) is 0 Å². The lowest BCUT2D eigenvalue weighted by Crippen LogP contribution is -2.15. The fraction of sp³-hybridized carbons (Fsp3) is 0.467. The summed E-state index contributed by atoms with van der Waals surface area (Å²) in [6.45, 7) is 6.86. The first-order chi connectivity index (χ1) is 8.52. The highest BCUT2D eigenvalue weighted by Crippen LogP contribution is 2.13. The van der Waals surface area contributed by atoms with Gasteiger partial charge in [-0.25, -0.2) is 4.39 Å². The normalized spacial score (nSPS) is 12.1. The van der Waals surface area contributed by atoms with E-state index in [0.717, 1.165) is 5.56 Å². The molecule has 1 aromatic rings. The Labute approximate surface area is 108 Å². The van der Waals surface area contributed by atoms with Crippen LogP contribution in [0, 0.1) is 23.6 Å². The number of nitrogens with two attached hydrogens (primary N) is 1. The van der Waals surface area contributed by atoms with E-state index >= 15 is 0 Å². The molecule has 0 amide bonds. The zero-order valence-electron chi connectivity index (χ0n) is 11.2. The fourth-order valence-corrected chi connectivity index (χ4v) is 1.38. The summed E-state index contributed by atoms with van der Waals surface area (Å²) < 4.78 is 19.0. The minimum atomic E-state index is -0.297. The van der Waals surface area contributed by atoms with Gasteiger partial charge in [0, 0.05) is 5.56 Å². The maximum absolute atomic E-state index is 13.4. The number of halogens is 1. The zero-order valence-corrected chi connectivity index (χ0v) is 11.2. The van der Waals surface area contributed by atoms with Gasteiger partial charge in [0.15, 0.2) is 0 Å². The minimum absolute atomic E-state index is 0.145. The molecule has 18 heavy (non-hydrogen) atoms. The van der Waals surface area contributed by atoms with Crippen LogP contribution in [-0.4, -0.2) is 12.6 Å². The Morgan fingerprint density at radius 3 is 2.61 bits per heavy atom. The molecule has 98 valence electrons. The van der Waals surface area contributed by atoms with Gasteiger partial charge < -0.3 is 10.5 Å². The third kappa shape index (κ3) is 4.87. The van der Waals surface area contributed by atoms with Gasteiger partial charge in [-0.2, -0.15) is 0 Å². The maximum atomic E-state index is 13.4. The monoisotopic (exact) mass is 249 g/mol. The van der Waals surface area contributed by atoms with Crippen LogP contribution in [0.1, 0.15) is 31.9 Å². The van der Waals surface area contributed by atoms with E-state index in [0.29, 0.717) is 18.1 Å². The van der Waals surface area contributed by atoms with Crippen LogP contribution in [0.3, 0.4) is 0 Å². The Balaban J connectivity index is 2.74. The Morgan fingerprint density at radius 1 is 1.28 bits per heavy atom. The average molecular weight is 249 g/mol. The van der Waals surface area contributed by atoms with Gasteiger partial charge in [0.05, 0.1) is 19.3 Å². The van der Waals surface area contributed by atoms with Gasteiger partial charge in [0.1, 0.15) is 5.82 Å². The molecular weight excluding hydrogens is 229 g/mol. The van der Waals surface area contributed by atoms with Crippen molar-refractivity contribution in [1.29, 1.82) is 0 Å². The predicted octanol–water partition coefficient (Wildman–Crippen LogP) is 2.70. The molecule has 0 spiro atoms. The van der Waals surface area contributed by atoms with E-state index in [1.807, 2.05) is 13.0 Å². The van der Waals surface area contributed by atoms with Gasteiger partial charge in [-0.15, -0.1) is 0 Å². The van der Waals surface area contributed by atoms with Gasteiger partial charge in [0.25, 0.3) is 0 Å². The maximum Gasteiger partial charge on any atom is 0.124 e. The number of hydrogen-bond acceptors (Lipinski definition) is 2. The van der Waals surface area contributed by atoms with Crippen molar-refractivity contribution in [2.45, 2.75) is 33.5 Å². The molecule has 2 N–H and O–H groups in total. The van der Waals surface area contributed by atoms with Gasteiger partial charge in [-0.05, 0) is 36.6 Å². The van der Waals surface area contributed by atoms with E-state index in [9.17, 15) is 4.39 Å². The summed E-state index contributed by atoms with van der Waals surface area (Å²) in [5.41, 5.74) is 6.72. The molecule has 0 aliphatic carbocycles. The Bertz CT molecular complexity index is 446. The van der Waals surface area contributed by atoms with E-state index in [1.165, 1.54) is 12.1 Å². The summed E-state index contributed by atoms with van der Waals surface area (Å²) in [6, 6.07) is 4.71. The number of ether oxygens (including phenoxy) is 1. The summed E-state index contributed by atoms with van der Waals surface area (Å²) in [4.78, 5) is 0. The standard InChI is InChI=1S/C15H20FNO/c1-11(2)12(3)18-10-14-7-13(5-4-6-17)8-15(16)9-14/h7-9,11-12H,6,10,17H2,1-3H3. The molecule has 0 bridgehead atoms. The second-order valence-corrected chi connectivity index (χ2v) is 4.61.